The first-order chi connectivity index (χ1) is 9.58. The van der Waals surface area contributed by atoms with Crippen molar-refractivity contribution >= 4 is 11.9 Å². The third-order valence-corrected chi connectivity index (χ3v) is 2.58. The molecule has 0 unspecified atom stereocenters. The van der Waals surface area contributed by atoms with Crippen LogP contribution in [0.5, 0.6) is 5.75 Å². The molecule has 0 aliphatic heterocycles. The fourth-order valence-electron chi connectivity index (χ4n) is 1.62. The second-order valence-electron chi connectivity index (χ2n) is 3.99. The number of nitrogens with one attached hydrogen (secondary N) is 2. The SMILES string of the molecule is COc1cc(CNCCNC(N)=O)ccc1/C(N)=N/O. The van der Waals surface area contributed by atoms with Crippen LogP contribution in [0.3, 0.4) is 0 Å². The molecule has 0 aromatic heterocycles. The molecule has 1 rings (SSSR count). The Morgan fingerprint density at radius 1 is 1.40 bits per heavy atom. The van der Waals surface area contributed by atoms with Gasteiger partial charge in [-0.3, -0.25) is 0 Å². The average molecular weight is 281 g/mol. The molecule has 0 atom stereocenters. The second-order valence-corrected chi connectivity index (χ2v) is 3.99. The van der Waals surface area contributed by atoms with E-state index in [-0.39, 0.29) is 5.84 Å². The van der Waals surface area contributed by atoms with Crippen LogP contribution in [0.15, 0.2) is 23.4 Å². The molecule has 7 N–H and O–H groups in total. The maximum atomic E-state index is 10.5. The Bertz CT molecular complexity index is 490. The normalized spacial score (nSPS) is 11.2. The number of carbonyl (C=O) groups is 1. The highest BCUT2D eigenvalue weighted by molar-refractivity contribution is 5.99. The lowest BCUT2D eigenvalue weighted by molar-refractivity contribution is 0.249. The van der Waals surface area contributed by atoms with Crippen molar-refractivity contribution in [3.63, 3.8) is 0 Å². The summed E-state index contributed by atoms with van der Waals surface area (Å²) >= 11 is 0. The minimum absolute atomic E-state index is 0.00739. The maximum Gasteiger partial charge on any atom is 0.312 e. The van der Waals surface area contributed by atoms with Crippen LogP contribution in [0.25, 0.3) is 0 Å². The van der Waals surface area contributed by atoms with E-state index in [0.29, 0.717) is 30.9 Å². The lowest BCUT2D eigenvalue weighted by Crippen LogP contribution is -2.35. The average Bonchev–Trinajstić information content (AvgIpc) is 2.45. The Hall–Kier alpha value is -2.48. The van der Waals surface area contributed by atoms with Crippen LogP contribution in [-0.4, -0.2) is 37.3 Å². The number of nitrogens with two attached hydrogens (primary N) is 2. The van der Waals surface area contributed by atoms with Gasteiger partial charge in [-0.25, -0.2) is 4.79 Å². The highest BCUT2D eigenvalue weighted by Crippen LogP contribution is 2.19. The van der Waals surface area contributed by atoms with E-state index in [4.69, 9.17) is 21.4 Å². The molecular formula is C12H19N5O3. The first-order valence-electron chi connectivity index (χ1n) is 5.97. The number of hydrogen-bond acceptors (Lipinski definition) is 5. The first kappa shape index (κ1) is 15.6. The van der Waals surface area contributed by atoms with Gasteiger partial charge in [0.25, 0.3) is 0 Å². The van der Waals surface area contributed by atoms with E-state index in [1.54, 1.807) is 12.1 Å². The standard InChI is InChI=1S/C12H19N5O3/c1-20-10-6-8(2-3-9(10)11(13)17-19)7-15-4-5-16-12(14)18/h2-3,6,15,19H,4-5,7H2,1H3,(H2,13,17)(H3,14,16,18). The van der Waals surface area contributed by atoms with Crippen LogP contribution in [0.4, 0.5) is 4.79 Å². The molecule has 1 aromatic rings. The van der Waals surface area contributed by atoms with E-state index < -0.39 is 6.03 Å². The molecule has 0 fully saturated rings. The summed E-state index contributed by atoms with van der Waals surface area (Å²) in [7, 11) is 1.51. The Kier molecular flexibility index (Phi) is 6.11. The zero-order valence-electron chi connectivity index (χ0n) is 11.2. The fraction of sp³-hybridized carbons (Fsp3) is 0.333. The first-order valence-corrected chi connectivity index (χ1v) is 5.97. The number of methoxy groups -OCH3 is 1. The largest absolute Gasteiger partial charge is 0.496 e. The highest BCUT2D eigenvalue weighted by Gasteiger charge is 2.08. The van der Waals surface area contributed by atoms with Crippen LogP contribution >= 0.6 is 0 Å². The van der Waals surface area contributed by atoms with Crippen molar-refractivity contribution in [1.29, 1.82) is 0 Å². The van der Waals surface area contributed by atoms with Gasteiger partial charge in [-0.1, -0.05) is 11.2 Å². The maximum absolute atomic E-state index is 10.5. The molecule has 0 bridgehead atoms. The van der Waals surface area contributed by atoms with E-state index >= 15 is 0 Å². The summed E-state index contributed by atoms with van der Waals surface area (Å²) < 4.78 is 5.19. The van der Waals surface area contributed by atoms with E-state index in [0.717, 1.165) is 5.56 Å². The van der Waals surface area contributed by atoms with Crippen molar-refractivity contribution in [2.45, 2.75) is 6.54 Å². The van der Waals surface area contributed by atoms with Gasteiger partial charge in [-0.2, -0.15) is 0 Å². The van der Waals surface area contributed by atoms with Gasteiger partial charge in [0.1, 0.15) is 5.75 Å². The Morgan fingerprint density at radius 3 is 2.75 bits per heavy atom. The van der Waals surface area contributed by atoms with Crippen LogP contribution < -0.4 is 26.8 Å². The molecule has 0 heterocycles. The summed E-state index contributed by atoms with van der Waals surface area (Å²) in [5, 5.41) is 17.2. The molecule has 0 aliphatic rings. The molecular weight excluding hydrogens is 262 g/mol. The zero-order valence-corrected chi connectivity index (χ0v) is 11.2. The van der Waals surface area contributed by atoms with Crippen molar-refractivity contribution in [1.82, 2.24) is 10.6 Å². The van der Waals surface area contributed by atoms with Crippen LogP contribution in [0, 0.1) is 0 Å². The number of rotatable bonds is 7. The number of amides is 2. The highest BCUT2D eigenvalue weighted by atomic mass is 16.5. The molecule has 8 nitrogen and oxygen atoms in total. The predicted molar refractivity (Wildman–Crippen MR) is 74.8 cm³/mol. The number of amidine groups is 1. The van der Waals surface area contributed by atoms with E-state index in [9.17, 15) is 4.79 Å². The van der Waals surface area contributed by atoms with Gasteiger partial charge < -0.3 is 32.0 Å². The number of ether oxygens (including phenoxy) is 1. The van der Waals surface area contributed by atoms with Gasteiger partial charge in [-0.05, 0) is 17.7 Å². The summed E-state index contributed by atoms with van der Waals surface area (Å²) in [6, 6.07) is 4.80. The summed E-state index contributed by atoms with van der Waals surface area (Å²) in [6.45, 7) is 1.63. The van der Waals surface area contributed by atoms with Crippen molar-refractivity contribution in [2.75, 3.05) is 20.2 Å². The van der Waals surface area contributed by atoms with Crippen LogP contribution in [0.1, 0.15) is 11.1 Å². The number of benzene rings is 1. The molecule has 2 amide bonds. The number of nitrogens with zero attached hydrogens (tertiary/aromatic N) is 1. The summed E-state index contributed by atoms with van der Waals surface area (Å²) in [6.07, 6.45) is 0. The minimum atomic E-state index is -0.545. The second kappa shape index (κ2) is 7.85. The topological polar surface area (TPSA) is 135 Å². The smallest absolute Gasteiger partial charge is 0.312 e. The quantitative estimate of drug-likeness (QED) is 0.152. The molecule has 8 heteroatoms. The summed E-state index contributed by atoms with van der Waals surface area (Å²) in [5.41, 5.74) is 12.0. The van der Waals surface area contributed by atoms with E-state index in [1.165, 1.54) is 7.11 Å². The van der Waals surface area contributed by atoms with Crippen molar-refractivity contribution < 1.29 is 14.7 Å². The number of hydrogen-bond donors (Lipinski definition) is 5. The van der Waals surface area contributed by atoms with Crippen molar-refractivity contribution in [2.24, 2.45) is 16.6 Å². The van der Waals surface area contributed by atoms with Gasteiger partial charge in [0.05, 0.1) is 12.7 Å². The molecule has 110 valence electrons. The minimum Gasteiger partial charge on any atom is -0.496 e. The Balaban J connectivity index is 2.58. The summed E-state index contributed by atoms with van der Waals surface area (Å²) in [5.74, 6) is 0.516. The Morgan fingerprint density at radius 2 is 2.15 bits per heavy atom. The van der Waals surface area contributed by atoms with Crippen molar-refractivity contribution in [3.05, 3.63) is 29.3 Å². The van der Waals surface area contributed by atoms with E-state index in [2.05, 4.69) is 15.8 Å². The summed E-state index contributed by atoms with van der Waals surface area (Å²) in [4.78, 5) is 10.5. The number of primary amides is 1. The molecule has 0 saturated heterocycles. The molecule has 1 aromatic carbocycles. The van der Waals surface area contributed by atoms with Gasteiger partial charge in [0, 0.05) is 19.6 Å². The van der Waals surface area contributed by atoms with E-state index in [1.807, 2.05) is 6.07 Å². The zero-order chi connectivity index (χ0) is 15.0. The monoisotopic (exact) mass is 281 g/mol. The van der Waals surface area contributed by atoms with Gasteiger partial charge >= 0.3 is 6.03 Å². The lowest BCUT2D eigenvalue weighted by atomic mass is 10.1. The van der Waals surface area contributed by atoms with Crippen LogP contribution in [-0.2, 0) is 6.54 Å². The van der Waals surface area contributed by atoms with Gasteiger partial charge in [-0.15, -0.1) is 0 Å². The number of urea groups is 1. The number of carbonyl (C=O) groups excluding carboxylic acids is 1. The molecule has 0 radical (unpaired) electrons. The van der Waals surface area contributed by atoms with Crippen molar-refractivity contribution in [3.8, 4) is 5.75 Å². The Labute approximate surface area is 116 Å². The third-order valence-electron chi connectivity index (χ3n) is 2.58. The fourth-order valence-corrected chi connectivity index (χ4v) is 1.62. The molecule has 0 saturated carbocycles. The number of oxime groups is 1. The molecule has 0 spiro atoms. The van der Waals surface area contributed by atoms with Crippen LogP contribution in [0.2, 0.25) is 0 Å². The third kappa shape index (κ3) is 4.65. The molecule has 0 aliphatic carbocycles. The molecule has 20 heavy (non-hydrogen) atoms. The van der Waals surface area contributed by atoms with Gasteiger partial charge in [0.15, 0.2) is 5.84 Å². The van der Waals surface area contributed by atoms with Gasteiger partial charge in [0.2, 0.25) is 0 Å². The lowest BCUT2D eigenvalue weighted by Gasteiger charge is -2.10. The predicted octanol–water partition coefficient (Wildman–Crippen LogP) is -0.452.